The Morgan fingerprint density at radius 2 is 2.14 bits per heavy atom. The van der Waals surface area contributed by atoms with Crippen LogP contribution in [0.25, 0.3) is 0 Å². The molecule has 0 aliphatic rings. The lowest BCUT2D eigenvalue weighted by Gasteiger charge is -1.94. The van der Waals surface area contributed by atoms with Gasteiger partial charge < -0.3 is 0 Å². The minimum absolute atomic E-state index is 0.296. The highest BCUT2D eigenvalue weighted by Crippen LogP contribution is 2.15. The molecule has 0 bridgehead atoms. The van der Waals surface area contributed by atoms with E-state index in [1.807, 2.05) is 6.92 Å². The van der Waals surface area contributed by atoms with E-state index in [0.29, 0.717) is 11.3 Å². The topological polar surface area (TPSA) is 29.4 Å². The first-order valence-corrected chi connectivity index (χ1v) is 4.06. The van der Waals surface area contributed by atoms with Gasteiger partial charge in [-0.1, -0.05) is 6.08 Å². The highest BCUT2D eigenvalue weighted by Gasteiger charge is 1.96. The molecule has 0 aliphatic heterocycles. The normalized spacial score (nSPS) is 7.93. The van der Waals surface area contributed by atoms with Crippen molar-refractivity contribution in [1.29, 1.82) is 0 Å². The van der Waals surface area contributed by atoms with E-state index in [9.17, 15) is 9.18 Å². The number of aliphatic imine (C=N–C) groups is 1. The average molecular weight is 193 g/mol. The Labute approximate surface area is 82.8 Å². The Bertz CT molecular complexity index is 354. The van der Waals surface area contributed by atoms with Gasteiger partial charge in [0.1, 0.15) is 5.82 Å². The maximum Gasteiger partial charge on any atom is 0.240 e. The van der Waals surface area contributed by atoms with Crippen LogP contribution in [0.2, 0.25) is 0 Å². The maximum atomic E-state index is 12.6. The first-order valence-electron chi connectivity index (χ1n) is 4.06. The number of rotatable bonds is 1. The summed E-state index contributed by atoms with van der Waals surface area (Å²) >= 11 is 0. The number of hydrogen-bond acceptors (Lipinski definition) is 2. The van der Waals surface area contributed by atoms with Crippen LogP contribution in [0, 0.1) is 12.7 Å². The van der Waals surface area contributed by atoms with Crippen LogP contribution in [0.15, 0.2) is 35.8 Å². The zero-order valence-electron chi connectivity index (χ0n) is 8.25. The van der Waals surface area contributed by atoms with Gasteiger partial charge in [-0.3, -0.25) is 0 Å². The predicted octanol–water partition coefficient (Wildman–Crippen LogP) is 3.29. The van der Waals surface area contributed by atoms with Gasteiger partial charge in [-0.05, 0) is 37.6 Å². The summed E-state index contributed by atoms with van der Waals surface area (Å²) in [5.41, 5.74) is 0.903. The lowest BCUT2D eigenvalue weighted by atomic mass is 10.2. The van der Waals surface area contributed by atoms with E-state index in [2.05, 4.69) is 11.6 Å². The minimum atomic E-state index is -0.296. The van der Waals surface area contributed by atoms with E-state index in [4.69, 9.17) is 0 Å². The largest absolute Gasteiger partial charge is 0.240 e. The van der Waals surface area contributed by atoms with Gasteiger partial charge in [0.05, 0.1) is 5.69 Å². The Morgan fingerprint density at radius 3 is 2.57 bits per heavy atom. The van der Waals surface area contributed by atoms with Crippen LogP contribution in [0.1, 0.15) is 12.5 Å². The summed E-state index contributed by atoms with van der Waals surface area (Å²) in [4.78, 5) is 13.1. The second-order valence-electron chi connectivity index (χ2n) is 2.54. The molecule has 0 heterocycles. The molecule has 1 aromatic carbocycles. The van der Waals surface area contributed by atoms with Crippen LogP contribution in [-0.2, 0) is 4.79 Å². The summed E-state index contributed by atoms with van der Waals surface area (Å²) < 4.78 is 12.6. The standard InChI is InChI=1S/C8H6FNO.C3H6/c1-6-4-7(10-5-11)2-3-8(6)9;1-3-2/h2-4H,1H3;3H,1H2,2H3. The predicted molar refractivity (Wildman–Crippen MR) is 54.8 cm³/mol. The monoisotopic (exact) mass is 193 g/mol. The second kappa shape index (κ2) is 6.75. The molecule has 0 saturated carbocycles. The van der Waals surface area contributed by atoms with E-state index >= 15 is 0 Å². The molecule has 0 spiro atoms. The van der Waals surface area contributed by atoms with Gasteiger partial charge in [-0.25, -0.2) is 9.18 Å². The summed E-state index contributed by atoms with van der Waals surface area (Å²) in [6.45, 7) is 6.86. The summed E-state index contributed by atoms with van der Waals surface area (Å²) in [5.74, 6) is -0.296. The van der Waals surface area contributed by atoms with Crippen molar-refractivity contribution < 1.29 is 9.18 Å². The van der Waals surface area contributed by atoms with Crippen molar-refractivity contribution >= 4 is 11.8 Å². The molecule has 0 aromatic heterocycles. The Hall–Kier alpha value is -1.73. The fraction of sp³-hybridized carbons (Fsp3) is 0.182. The summed E-state index contributed by atoms with van der Waals surface area (Å²) in [7, 11) is 0. The highest BCUT2D eigenvalue weighted by molar-refractivity contribution is 5.49. The van der Waals surface area contributed by atoms with Crippen molar-refractivity contribution in [2.45, 2.75) is 13.8 Å². The van der Waals surface area contributed by atoms with Crippen LogP contribution >= 0.6 is 0 Å². The SMILES string of the molecule is C=CC.Cc1cc(N=C=O)ccc1F. The maximum absolute atomic E-state index is 12.6. The van der Waals surface area contributed by atoms with Crippen LogP contribution < -0.4 is 0 Å². The second-order valence-corrected chi connectivity index (χ2v) is 2.54. The third kappa shape index (κ3) is 4.33. The minimum Gasteiger partial charge on any atom is -0.211 e. The van der Waals surface area contributed by atoms with Gasteiger partial charge in [-0.2, -0.15) is 4.99 Å². The Kier molecular flexibility index (Phi) is 5.92. The number of allylic oxidation sites excluding steroid dienone is 1. The highest BCUT2D eigenvalue weighted by atomic mass is 19.1. The number of carbonyl (C=O) groups excluding carboxylic acids is 1. The lowest BCUT2D eigenvalue weighted by Crippen LogP contribution is -1.78. The molecule has 1 aromatic rings. The van der Waals surface area contributed by atoms with Crippen molar-refractivity contribution in [1.82, 2.24) is 0 Å². The number of halogens is 1. The third-order valence-electron chi connectivity index (χ3n) is 1.32. The van der Waals surface area contributed by atoms with Gasteiger partial charge in [0.25, 0.3) is 0 Å². The van der Waals surface area contributed by atoms with Crippen molar-refractivity contribution in [3.05, 3.63) is 42.2 Å². The van der Waals surface area contributed by atoms with Crippen LogP contribution in [0.5, 0.6) is 0 Å². The van der Waals surface area contributed by atoms with Crippen molar-refractivity contribution in [3.8, 4) is 0 Å². The van der Waals surface area contributed by atoms with Crippen molar-refractivity contribution in [3.63, 3.8) is 0 Å². The first kappa shape index (κ1) is 12.3. The molecule has 2 nitrogen and oxygen atoms in total. The molecule has 14 heavy (non-hydrogen) atoms. The number of aryl methyl sites for hydroxylation is 1. The van der Waals surface area contributed by atoms with Gasteiger partial charge in [0, 0.05) is 0 Å². The molecule has 0 N–H and O–H groups in total. The molecule has 0 radical (unpaired) electrons. The third-order valence-corrected chi connectivity index (χ3v) is 1.32. The number of benzene rings is 1. The van der Waals surface area contributed by atoms with Crippen LogP contribution in [0.4, 0.5) is 10.1 Å². The van der Waals surface area contributed by atoms with E-state index in [1.54, 1.807) is 13.0 Å². The molecule has 0 amide bonds. The van der Waals surface area contributed by atoms with Crippen molar-refractivity contribution in [2.24, 2.45) is 4.99 Å². The van der Waals surface area contributed by atoms with Crippen LogP contribution in [0.3, 0.4) is 0 Å². The molecule has 0 saturated heterocycles. The quantitative estimate of drug-likeness (QED) is 0.382. The first-order chi connectivity index (χ1) is 6.65. The summed E-state index contributed by atoms with van der Waals surface area (Å²) in [6, 6.07) is 4.18. The van der Waals surface area contributed by atoms with Gasteiger partial charge in [0.15, 0.2) is 0 Å². The molecule has 74 valence electrons. The van der Waals surface area contributed by atoms with E-state index in [0.717, 1.165) is 0 Å². The lowest BCUT2D eigenvalue weighted by molar-refractivity contribution is 0.565. The summed E-state index contributed by atoms with van der Waals surface area (Å²) in [6.07, 6.45) is 3.13. The smallest absolute Gasteiger partial charge is 0.211 e. The zero-order valence-corrected chi connectivity index (χ0v) is 8.25. The van der Waals surface area contributed by atoms with Gasteiger partial charge in [0.2, 0.25) is 6.08 Å². The molecule has 0 unspecified atom stereocenters. The van der Waals surface area contributed by atoms with Gasteiger partial charge in [-0.15, -0.1) is 6.58 Å². The number of hydrogen-bond donors (Lipinski definition) is 0. The molecule has 0 atom stereocenters. The van der Waals surface area contributed by atoms with E-state index in [1.165, 1.54) is 24.3 Å². The fourth-order valence-electron chi connectivity index (χ4n) is 0.751. The van der Waals surface area contributed by atoms with E-state index < -0.39 is 0 Å². The number of nitrogens with zero attached hydrogens (tertiary/aromatic N) is 1. The molecule has 1 rings (SSSR count). The number of isocyanates is 1. The molecular weight excluding hydrogens is 181 g/mol. The van der Waals surface area contributed by atoms with Crippen molar-refractivity contribution in [2.75, 3.05) is 0 Å². The molecular formula is C11H12FNO. The Balaban J connectivity index is 0.000000500. The molecule has 3 heteroatoms. The van der Waals surface area contributed by atoms with E-state index in [-0.39, 0.29) is 5.82 Å². The molecule has 0 aliphatic carbocycles. The average Bonchev–Trinajstić information content (AvgIpc) is 2.13. The Morgan fingerprint density at radius 1 is 1.57 bits per heavy atom. The fourth-order valence-corrected chi connectivity index (χ4v) is 0.751. The van der Waals surface area contributed by atoms with Crippen LogP contribution in [-0.4, -0.2) is 6.08 Å². The summed E-state index contributed by atoms with van der Waals surface area (Å²) in [5, 5.41) is 0. The van der Waals surface area contributed by atoms with Gasteiger partial charge >= 0.3 is 0 Å². The zero-order chi connectivity index (χ0) is 11.0. The molecule has 0 fully saturated rings.